The Morgan fingerprint density at radius 1 is 1.24 bits per heavy atom. The molecule has 2 atom stereocenters. The Morgan fingerprint density at radius 3 is 2.45 bits per heavy atom. The number of nitrogens with zero attached hydrogens (tertiary/aromatic N) is 3. The van der Waals surface area contributed by atoms with Gasteiger partial charge in [0.25, 0.3) is 5.91 Å². The molecule has 29 heavy (non-hydrogen) atoms. The Kier molecular flexibility index (Phi) is 5.35. The smallest absolute Gasteiger partial charge is 0.252 e. The summed E-state index contributed by atoms with van der Waals surface area (Å²) in [5, 5.41) is 13.8. The van der Waals surface area contributed by atoms with Crippen molar-refractivity contribution in [1.82, 2.24) is 15.3 Å². The largest absolute Gasteiger partial charge is 0.380 e. The van der Waals surface area contributed by atoms with Crippen LogP contribution in [0, 0.1) is 13.8 Å². The first-order chi connectivity index (χ1) is 13.7. The Balaban J connectivity index is 1.65. The maximum Gasteiger partial charge on any atom is 0.252 e. The average molecular weight is 417 g/mol. The van der Waals surface area contributed by atoms with Crippen LogP contribution in [0.1, 0.15) is 43.8 Å². The van der Waals surface area contributed by atoms with E-state index in [1.165, 1.54) is 0 Å². The Labute approximate surface area is 175 Å². The number of pyridine rings is 1. The van der Waals surface area contributed by atoms with E-state index in [1.54, 1.807) is 11.3 Å². The van der Waals surface area contributed by atoms with Gasteiger partial charge in [-0.05, 0) is 58.2 Å². The van der Waals surface area contributed by atoms with Crippen molar-refractivity contribution >= 4 is 22.4 Å². The zero-order valence-corrected chi connectivity index (χ0v) is 18.2. The fourth-order valence-corrected chi connectivity index (χ4v) is 4.88. The summed E-state index contributed by atoms with van der Waals surface area (Å²) in [7, 11) is 0. The minimum Gasteiger partial charge on any atom is -0.380 e. The van der Waals surface area contributed by atoms with Gasteiger partial charge in [-0.3, -0.25) is 9.78 Å². The quantitative estimate of drug-likeness (QED) is 0.779. The molecule has 2 aromatic heterocycles. The van der Waals surface area contributed by atoms with E-state index >= 15 is 0 Å². The first kappa shape index (κ1) is 20.3. The molecule has 0 aromatic carbocycles. The lowest BCUT2D eigenvalue weighted by molar-refractivity contribution is -0.131. The molecule has 2 N–H and O–H groups in total. The molecule has 0 bridgehead atoms. The lowest BCUT2D eigenvalue weighted by Gasteiger charge is -2.35. The molecular formula is C21H28N4O3S. The van der Waals surface area contributed by atoms with E-state index in [0.29, 0.717) is 19.4 Å². The number of anilines is 1. The van der Waals surface area contributed by atoms with Crippen molar-refractivity contribution < 1.29 is 14.6 Å². The van der Waals surface area contributed by atoms with Crippen LogP contribution in [-0.2, 0) is 16.1 Å². The van der Waals surface area contributed by atoms with Crippen LogP contribution in [0.25, 0.3) is 10.4 Å². The average Bonchev–Trinajstić information content (AvgIpc) is 3.24. The molecule has 2 aliphatic rings. The standard InChI is InChI=1S/C21H28N4O3S/c1-12-7-16(8-13(2)23-12)18-17(9-22-19(26)21(27)5-6-21)24-20(29-18)25-10-14(3)28-15(4)11-25/h7-8,14-15,27H,5-6,9-11H2,1-4H3,(H,22,26)/t14-,15+. The predicted octanol–water partition coefficient (Wildman–Crippen LogP) is 2.58. The molecule has 4 rings (SSSR count). The van der Waals surface area contributed by atoms with E-state index in [1.807, 2.05) is 13.8 Å². The fourth-order valence-electron chi connectivity index (χ4n) is 3.79. The van der Waals surface area contributed by atoms with Gasteiger partial charge in [-0.1, -0.05) is 11.3 Å². The zero-order chi connectivity index (χ0) is 20.8. The van der Waals surface area contributed by atoms with Crippen LogP contribution in [-0.4, -0.2) is 51.9 Å². The molecule has 2 aromatic rings. The number of aliphatic hydroxyl groups is 1. The van der Waals surface area contributed by atoms with Crippen LogP contribution >= 0.6 is 11.3 Å². The van der Waals surface area contributed by atoms with Crippen LogP contribution < -0.4 is 10.2 Å². The summed E-state index contributed by atoms with van der Waals surface area (Å²) >= 11 is 1.63. The highest BCUT2D eigenvalue weighted by Crippen LogP contribution is 2.38. The van der Waals surface area contributed by atoms with E-state index in [4.69, 9.17) is 9.72 Å². The van der Waals surface area contributed by atoms with E-state index in [2.05, 4.69) is 41.2 Å². The fraction of sp³-hybridized carbons (Fsp3) is 0.571. The van der Waals surface area contributed by atoms with Gasteiger partial charge in [-0.25, -0.2) is 4.98 Å². The lowest BCUT2D eigenvalue weighted by Crippen LogP contribution is -2.45. The second-order valence-electron chi connectivity index (χ2n) is 8.29. The predicted molar refractivity (Wildman–Crippen MR) is 113 cm³/mol. The van der Waals surface area contributed by atoms with Crippen molar-refractivity contribution in [3.05, 3.63) is 29.2 Å². The highest BCUT2D eigenvalue weighted by molar-refractivity contribution is 7.19. The van der Waals surface area contributed by atoms with Gasteiger partial charge in [0.15, 0.2) is 5.13 Å². The maximum absolute atomic E-state index is 12.2. The molecule has 1 aliphatic heterocycles. The summed E-state index contributed by atoms with van der Waals surface area (Å²) in [4.78, 5) is 24.9. The van der Waals surface area contributed by atoms with Crippen LogP contribution in [0.5, 0.6) is 0 Å². The summed E-state index contributed by atoms with van der Waals surface area (Å²) in [5.74, 6) is -0.311. The molecule has 1 amide bonds. The maximum atomic E-state index is 12.2. The summed E-state index contributed by atoms with van der Waals surface area (Å²) < 4.78 is 5.86. The van der Waals surface area contributed by atoms with Gasteiger partial charge < -0.3 is 20.1 Å². The summed E-state index contributed by atoms with van der Waals surface area (Å²) in [6, 6.07) is 4.10. The molecular weight excluding hydrogens is 388 g/mol. The summed E-state index contributed by atoms with van der Waals surface area (Å²) in [5.41, 5.74) is 2.59. The number of carbonyl (C=O) groups is 1. The first-order valence-electron chi connectivity index (χ1n) is 10.1. The van der Waals surface area contributed by atoms with Crippen molar-refractivity contribution in [1.29, 1.82) is 0 Å². The molecule has 7 nitrogen and oxygen atoms in total. The zero-order valence-electron chi connectivity index (χ0n) is 17.4. The highest BCUT2D eigenvalue weighted by Gasteiger charge is 2.47. The summed E-state index contributed by atoms with van der Waals surface area (Å²) in [6.07, 6.45) is 1.34. The number of hydrogen-bond acceptors (Lipinski definition) is 7. The molecule has 1 saturated carbocycles. The number of carbonyl (C=O) groups excluding carboxylic acids is 1. The molecule has 3 heterocycles. The van der Waals surface area contributed by atoms with Gasteiger partial charge in [0, 0.05) is 24.5 Å². The third kappa shape index (κ3) is 4.44. The SMILES string of the molecule is Cc1cc(-c2sc(N3C[C@@H](C)O[C@@H](C)C3)nc2CNC(=O)C2(O)CC2)cc(C)n1. The Bertz CT molecular complexity index is 894. The van der Waals surface area contributed by atoms with Crippen LogP contribution in [0.15, 0.2) is 12.1 Å². The molecule has 0 radical (unpaired) electrons. The number of hydrogen-bond donors (Lipinski definition) is 2. The van der Waals surface area contributed by atoms with Crippen molar-refractivity contribution in [3.8, 4) is 10.4 Å². The van der Waals surface area contributed by atoms with E-state index in [9.17, 15) is 9.90 Å². The van der Waals surface area contributed by atoms with Crippen molar-refractivity contribution in [3.63, 3.8) is 0 Å². The molecule has 1 saturated heterocycles. The van der Waals surface area contributed by atoms with Gasteiger partial charge in [0.2, 0.25) is 0 Å². The van der Waals surface area contributed by atoms with Gasteiger partial charge in [0.1, 0.15) is 5.60 Å². The van der Waals surface area contributed by atoms with Crippen molar-refractivity contribution in [2.24, 2.45) is 0 Å². The molecule has 0 spiro atoms. The lowest BCUT2D eigenvalue weighted by atomic mass is 10.1. The second kappa shape index (κ2) is 7.66. The van der Waals surface area contributed by atoms with E-state index in [0.717, 1.165) is 45.7 Å². The number of rotatable bonds is 5. The number of nitrogens with one attached hydrogen (secondary N) is 1. The second-order valence-corrected chi connectivity index (χ2v) is 9.26. The van der Waals surface area contributed by atoms with Gasteiger partial charge in [-0.15, -0.1) is 0 Å². The number of aryl methyl sites for hydroxylation is 2. The Hall–Kier alpha value is -2.03. The Morgan fingerprint density at radius 2 is 1.86 bits per heavy atom. The van der Waals surface area contributed by atoms with Crippen molar-refractivity contribution in [2.75, 3.05) is 18.0 Å². The molecule has 1 aliphatic carbocycles. The number of morpholine rings is 1. The number of aromatic nitrogens is 2. The monoisotopic (exact) mass is 416 g/mol. The summed E-state index contributed by atoms with van der Waals surface area (Å²) in [6.45, 7) is 9.98. The third-order valence-corrected chi connectivity index (χ3v) is 6.49. The van der Waals surface area contributed by atoms with Gasteiger partial charge in [-0.2, -0.15) is 0 Å². The van der Waals surface area contributed by atoms with Gasteiger partial charge in [0.05, 0.1) is 29.3 Å². The molecule has 2 fully saturated rings. The highest BCUT2D eigenvalue weighted by atomic mass is 32.1. The minimum atomic E-state index is -1.18. The molecule has 0 unspecified atom stereocenters. The molecule has 156 valence electrons. The van der Waals surface area contributed by atoms with E-state index in [-0.39, 0.29) is 18.1 Å². The topological polar surface area (TPSA) is 87.6 Å². The third-order valence-electron chi connectivity index (χ3n) is 5.28. The van der Waals surface area contributed by atoms with Crippen molar-refractivity contribution in [2.45, 2.75) is 64.9 Å². The number of ether oxygens (including phenoxy) is 1. The van der Waals surface area contributed by atoms with Crippen LogP contribution in [0.2, 0.25) is 0 Å². The van der Waals surface area contributed by atoms with Gasteiger partial charge >= 0.3 is 0 Å². The minimum absolute atomic E-state index is 0.142. The first-order valence-corrected chi connectivity index (χ1v) is 10.9. The number of thiazole rings is 1. The normalized spacial score (nSPS) is 23.1. The van der Waals surface area contributed by atoms with Crippen LogP contribution in [0.4, 0.5) is 5.13 Å². The van der Waals surface area contributed by atoms with E-state index < -0.39 is 5.60 Å². The molecule has 8 heteroatoms. The van der Waals surface area contributed by atoms with Crippen LogP contribution in [0.3, 0.4) is 0 Å². The number of amides is 1.